The molecule has 1 aliphatic rings. The molecule has 100 valence electrons. The predicted molar refractivity (Wildman–Crippen MR) is 77.9 cm³/mol. The average molecular weight is 246 g/mol. The minimum atomic E-state index is 0.498. The first-order valence-electron chi connectivity index (χ1n) is 7.30. The smallest absolute Gasteiger partial charge is 0.0481 e. The standard InChI is InChI=1S/C16H26N2/c1-4-6-11-18(5-2)15-12-13-9-7-8-10-14(13)16(15)17-3/h7-10,15-17H,4-6,11-12H2,1-3H3. The van der Waals surface area contributed by atoms with Gasteiger partial charge in [-0.2, -0.15) is 0 Å². The summed E-state index contributed by atoms with van der Waals surface area (Å²) in [4.78, 5) is 2.64. The van der Waals surface area contributed by atoms with Gasteiger partial charge in [-0.3, -0.25) is 4.90 Å². The molecule has 0 bridgehead atoms. The number of nitrogens with one attached hydrogen (secondary N) is 1. The third-order valence-corrected chi connectivity index (χ3v) is 4.19. The number of nitrogens with zero attached hydrogens (tertiary/aromatic N) is 1. The number of hydrogen-bond donors (Lipinski definition) is 1. The second kappa shape index (κ2) is 6.35. The molecule has 0 saturated carbocycles. The number of hydrogen-bond acceptors (Lipinski definition) is 2. The van der Waals surface area contributed by atoms with Crippen LogP contribution in [0.2, 0.25) is 0 Å². The summed E-state index contributed by atoms with van der Waals surface area (Å²) in [6.45, 7) is 6.93. The molecule has 0 saturated heterocycles. The van der Waals surface area contributed by atoms with E-state index in [9.17, 15) is 0 Å². The molecular formula is C16H26N2. The Bertz CT molecular complexity index is 375. The fraction of sp³-hybridized carbons (Fsp3) is 0.625. The molecule has 0 radical (unpaired) electrons. The van der Waals surface area contributed by atoms with Crippen molar-refractivity contribution >= 4 is 0 Å². The maximum atomic E-state index is 3.52. The van der Waals surface area contributed by atoms with Crippen molar-refractivity contribution in [3.63, 3.8) is 0 Å². The Kier molecular flexibility index (Phi) is 4.79. The Hall–Kier alpha value is -0.860. The van der Waals surface area contributed by atoms with E-state index in [0.29, 0.717) is 12.1 Å². The Labute approximate surface area is 111 Å². The second-order valence-electron chi connectivity index (χ2n) is 5.22. The summed E-state index contributed by atoms with van der Waals surface area (Å²) in [6.07, 6.45) is 3.77. The zero-order chi connectivity index (χ0) is 13.0. The largest absolute Gasteiger partial charge is 0.312 e. The molecular weight excluding hydrogens is 220 g/mol. The fourth-order valence-corrected chi connectivity index (χ4v) is 3.18. The van der Waals surface area contributed by atoms with E-state index in [1.165, 1.54) is 36.9 Å². The van der Waals surface area contributed by atoms with Crippen molar-refractivity contribution in [2.45, 2.75) is 45.2 Å². The number of likely N-dealkylation sites (N-methyl/N-ethyl adjacent to an activating group) is 2. The van der Waals surface area contributed by atoms with Crippen LogP contribution in [0.1, 0.15) is 43.9 Å². The molecule has 1 N–H and O–H groups in total. The topological polar surface area (TPSA) is 15.3 Å². The van der Waals surface area contributed by atoms with Crippen LogP contribution < -0.4 is 5.32 Å². The van der Waals surface area contributed by atoms with Crippen LogP contribution in [-0.4, -0.2) is 31.1 Å². The van der Waals surface area contributed by atoms with Gasteiger partial charge in [-0.05, 0) is 44.1 Å². The van der Waals surface area contributed by atoms with Gasteiger partial charge in [-0.1, -0.05) is 44.5 Å². The average Bonchev–Trinajstić information content (AvgIpc) is 2.78. The van der Waals surface area contributed by atoms with Gasteiger partial charge in [-0.15, -0.1) is 0 Å². The lowest BCUT2D eigenvalue weighted by atomic mass is 10.1. The van der Waals surface area contributed by atoms with Crippen LogP contribution in [-0.2, 0) is 6.42 Å². The molecule has 2 heteroatoms. The zero-order valence-corrected chi connectivity index (χ0v) is 11.9. The molecule has 2 atom stereocenters. The maximum Gasteiger partial charge on any atom is 0.0481 e. The van der Waals surface area contributed by atoms with Gasteiger partial charge in [0.05, 0.1) is 0 Å². The molecule has 0 amide bonds. The van der Waals surface area contributed by atoms with E-state index < -0.39 is 0 Å². The zero-order valence-electron chi connectivity index (χ0n) is 11.9. The van der Waals surface area contributed by atoms with Crippen LogP contribution in [0.3, 0.4) is 0 Å². The molecule has 0 spiro atoms. The third kappa shape index (κ3) is 2.60. The maximum absolute atomic E-state index is 3.52. The summed E-state index contributed by atoms with van der Waals surface area (Å²) in [5, 5.41) is 3.52. The monoisotopic (exact) mass is 246 g/mol. The first-order valence-corrected chi connectivity index (χ1v) is 7.30. The summed E-state index contributed by atoms with van der Waals surface area (Å²) in [5.41, 5.74) is 3.02. The van der Waals surface area contributed by atoms with E-state index in [-0.39, 0.29) is 0 Å². The number of unbranched alkanes of at least 4 members (excludes halogenated alkanes) is 1. The van der Waals surface area contributed by atoms with Crippen molar-refractivity contribution < 1.29 is 0 Å². The Balaban J connectivity index is 2.15. The van der Waals surface area contributed by atoms with Crippen LogP contribution >= 0.6 is 0 Å². The van der Waals surface area contributed by atoms with Gasteiger partial charge in [0.2, 0.25) is 0 Å². The van der Waals surface area contributed by atoms with E-state index in [1.807, 2.05) is 0 Å². The summed E-state index contributed by atoms with van der Waals surface area (Å²) in [7, 11) is 2.09. The highest BCUT2D eigenvalue weighted by Crippen LogP contribution is 2.34. The van der Waals surface area contributed by atoms with E-state index in [0.717, 1.165) is 6.54 Å². The molecule has 1 aliphatic carbocycles. The van der Waals surface area contributed by atoms with Crippen molar-refractivity contribution in [3.05, 3.63) is 35.4 Å². The fourth-order valence-electron chi connectivity index (χ4n) is 3.18. The van der Waals surface area contributed by atoms with Gasteiger partial charge in [-0.25, -0.2) is 0 Å². The van der Waals surface area contributed by atoms with Gasteiger partial charge >= 0.3 is 0 Å². The van der Waals surface area contributed by atoms with E-state index in [1.54, 1.807) is 0 Å². The van der Waals surface area contributed by atoms with Crippen molar-refractivity contribution in [1.29, 1.82) is 0 Å². The van der Waals surface area contributed by atoms with E-state index in [4.69, 9.17) is 0 Å². The van der Waals surface area contributed by atoms with Gasteiger partial charge in [0.25, 0.3) is 0 Å². The van der Waals surface area contributed by atoms with Crippen molar-refractivity contribution in [1.82, 2.24) is 10.2 Å². The van der Waals surface area contributed by atoms with Crippen LogP contribution in [0, 0.1) is 0 Å². The lowest BCUT2D eigenvalue weighted by Gasteiger charge is -2.32. The second-order valence-corrected chi connectivity index (χ2v) is 5.22. The third-order valence-electron chi connectivity index (χ3n) is 4.19. The van der Waals surface area contributed by atoms with Crippen molar-refractivity contribution in [2.24, 2.45) is 0 Å². The van der Waals surface area contributed by atoms with Gasteiger partial charge < -0.3 is 5.32 Å². The Morgan fingerprint density at radius 2 is 2.06 bits per heavy atom. The number of rotatable bonds is 6. The highest BCUT2D eigenvalue weighted by Gasteiger charge is 2.34. The van der Waals surface area contributed by atoms with Gasteiger partial charge in [0, 0.05) is 12.1 Å². The summed E-state index contributed by atoms with van der Waals surface area (Å²) in [6, 6.07) is 10.0. The Morgan fingerprint density at radius 1 is 1.28 bits per heavy atom. The SMILES string of the molecule is CCCCN(CC)C1Cc2ccccc2C1NC. The number of benzene rings is 1. The van der Waals surface area contributed by atoms with E-state index >= 15 is 0 Å². The predicted octanol–water partition coefficient (Wildman–Crippen LogP) is 2.99. The molecule has 2 rings (SSSR count). The van der Waals surface area contributed by atoms with Gasteiger partial charge in [0.15, 0.2) is 0 Å². The first kappa shape index (κ1) is 13.6. The summed E-state index contributed by atoms with van der Waals surface area (Å²) < 4.78 is 0. The molecule has 1 aromatic rings. The van der Waals surface area contributed by atoms with Crippen molar-refractivity contribution in [2.75, 3.05) is 20.1 Å². The van der Waals surface area contributed by atoms with Crippen LogP contribution in [0.4, 0.5) is 0 Å². The Morgan fingerprint density at radius 3 is 2.72 bits per heavy atom. The molecule has 0 aromatic heterocycles. The molecule has 1 aromatic carbocycles. The van der Waals surface area contributed by atoms with Gasteiger partial charge in [0.1, 0.15) is 0 Å². The molecule has 18 heavy (non-hydrogen) atoms. The quantitative estimate of drug-likeness (QED) is 0.830. The highest BCUT2D eigenvalue weighted by atomic mass is 15.2. The highest BCUT2D eigenvalue weighted by molar-refractivity contribution is 5.37. The van der Waals surface area contributed by atoms with Crippen molar-refractivity contribution in [3.8, 4) is 0 Å². The summed E-state index contributed by atoms with van der Waals surface area (Å²) in [5.74, 6) is 0. The first-order chi connectivity index (χ1) is 8.81. The van der Waals surface area contributed by atoms with Crippen LogP contribution in [0.25, 0.3) is 0 Å². The number of fused-ring (bicyclic) bond motifs is 1. The molecule has 0 heterocycles. The normalized spacial score (nSPS) is 22.4. The molecule has 2 unspecified atom stereocenters. The van der Waals surface area contributed by atoms with Crippen LogP contribution in [0.15, 0.2) is 24.3 Å². The summed E-state index contributed by atoms with van der Waals surface area (Å²) >= 11 is 0. The molecule has 0 fully saturated rings. The lowest BCUT2D eigenvalue weighted by Crippen LogP contribution is -2.42. The minimum absolute atomic E-state index is 0.498. The molecule has 2 nitrogen and oxygen atoms in total. The lowest BCUT2D eigenvalue weighted by molar-refractivity contribution is 0.175. The van der Waals surface area contributed by atoms with Crippen LogP contribution in [0.5, 0.6) is 0 Å². The molecule has 0 aliphatic heterocycles. The minimum Gasteiger partial charge on any atom is -0.312 e. The van der Waals surface area contributed by atoms with E-state index in [2.05, 4.69) is 55.4 Å².